The first kappa shape index (κ1) is 14.6. The van der Waals surface area contributed by atoms with Gasteiger partial charge in [-0.2, -0.15) is 0 Å². The van der Waals surface area contributed by atoms with E-state index in [-0.39, 0.29) is 5.56 Å². The molecule has 1 N–H and O–H groups in total. The molecule has 0 aliphatic rings. The van der Waals surface area contributed by atoms with Gasteiger partial charge in [-0.3, -0.25) is 4.98 Å². The summed E-state index contributed by atoms with van der Waals surface area (Å²) in [6, 6.07) is 4.92. The zero-order valence-electron chi connectivity index (χ0n) is 11.9. The van der Waals surface area contributed by atoms with Crippen molar-refractivity contribution >= 4 is 5.97 Å². The second-order valence-corrected chi connectivity index (χ2v) is 4.17. The number of nitrogens with zero attached hydrogens (tertiary/aromatic N) is 1. The number of carboxylic acid groups (broad SMARTS) is 1. The minimum atomic E-state index is -1.05. The predicted octanol–water partition coefficient (Wildman–Crippen LogP) is 2.47. The van der Waals surface area contributed by atoms with Crippen LogP contribution in [0.15, 0.2) is 30.6 Å². The van der Waals surface area contributed by atoms with Crippen LogP contribution < -0.4 is 14.2 Å². The lowest BCUT2D eigenvalue weighted by molar-refractivity contribution is 0.0696. The van der Waals surface area contributed by atoms with Crippen molar-refractivity contribution in [1.29, 1.82) is 0 Å². The SMILES string of the molecule is COc1cc(OC)c(-c2cncc(C(=O)O)c2)c(OC)c1. The molecule has 1 aromatic carbocycles. The zero-order valence-corrected chi connectivity index (χ0v) is 11.9. The molecule has 0 bridgehead atoms. The maximum absolute atomic E-state index is 11.1. The Balaban J connectivity index is 2.67. The Labute approximate surface area is 121 Å². The van der Waals surface area contributed by atoms with E-state index in [0.717, 1.165) is 0 Å². The first-order valence-corrected chi connectivity index (χ1v) is 6.09. The lowest BCUT2D eigenvalue weighted by Crippen LogP contribution is -1.99. The van der Waals surface area contributed by atoms with Gasteiger partial charge in [0.15, 0.2) is 0 Å². The Morgan fingerprint density at radius 3 is 2.10 bits per heavy atom. The highest BCUT2D eigenvalue weighted by Gasteiger charge is 2.17. The molecular formula is C15H15NO5. The molecule has 6 nitrogen and oxygen atoms in total. The Bertz CT molecular complexity index is 644. The van der Waals surface area contributed by atoms with E-state index in [1.165, 1.54) is 26.5 Å². The Morgan fingerprint density at radius 1 is 1.00 bits per heavy atom. The molecule has 0 atom stereocenters. The van der Waals surface area contributed by atoms with Crippen molar-refractivity contribution in [3.63, 3.8) is 0 Å². The van der Waals surface area contributed by atoms with Crippen LogP contribution in [0.2, 0.25) is 0 Å². The van der Waals surface area contributed by atoms with Gasteiger partial charge in [0.05, 0.1) is 32.5 Å². The molecule has 6 heteroatoms. The van der Waals surface area contributed by atoms with Crippen molar-refractivity contribution in [2.75, 3.05) is 21.3 Å². The van der Waals surface area contributed by atoms with Crippen LogP contribution in [0, 0.1) is 0 Å². The molecule has 0 aliphatic heterocycles. The maximum Gasteiger partial charge on any atom is 0.337 e. The van der Waals surface area contributed by atoms with Gasteiger partial charge >= 0.3 is 5.97 Å². The summed E-state index contributed by atoms with van der Waals surface area (Å²) < 4.78 is 15.9. The highest BCUT2D eigenvalue weighted by molar-refractivity contribution is 5.90. The number of aromatic nitrogens is 1. The minimum Gasteiger partial charge on any atom is -0.496 e. The van der Waals surface area contributed by atoms with Crippen LogP contribution in [0.1, 0.15) is 10.4 Å². The van der Waals surface area contributed by atoms with E-state index in [9.17, 15) is 4.79 Å². The van der Waals surface area contributed by atoms with Gasteiger partial charge in [-0.1, -0.05) is 0 Å². The van der Waals surface area contributed by atoms with Gasteiger partial charge in [-0.15, -0.1) is 0 Å². The Morgan fingerprint density at radius 2 is 1.62 bits per heavy atom. The summed E-state index contributed by atoms with van der Waals surface area (Å²) in [6.45, 7) is 0. The standard InChI is InChI=1S/C15H15NO5/c1-19-11-5-12(20-2)14(13(6-11)21-3)9-4-10(15(17)18)8-16-7-9/h4-8H,1-3H3,(H,17,18). The number of hydrogen-bond donors (Lipinski definition) is 1. The number of methoxy groups -OCH3 is 3. The largest absolute Gasteiger partial charge is 0.496 e. The van der Waals surface area contributed by atoms with E-state index >= 15 is 0 Å². The summed E-state index contributed by atoms with van der Waals surface area (Å²) in [5.74, 6) is 0.552. The van der Waals surface area contributed by atoms with Crippen LogP contribution in [0.3, 0.4) is 0 Å². The van der Waals surface area contributed by atoms with E-state index in [2.05, 4.69) is 4.98 Å². The number of rotatable bonds is 5. The monoisotopic (exact) mass is 289 g/mol. The smallest absolute Gasteiger partial charge is 0.337 e. The fourth-order valence-electron chi connectivity index (χ4n) is 1.98. The molecule has 0 amide bonds. The van der Waals surface area contributed by atoms with E-state index in [1.807, 2.05) is 0 Å². The normalized spacial score (nSPS) is 10.0. The van der Waals surface area contributed by atoms with Crippen LogP contribution in [-0.2, 0) is 0 Å². The molecule has 21 heavy (non-hydrogen) atoms. The average Bonchev–Trinajstić information content (AvgIpc) is 2.53. The highest BCUT2D eigenvalue weighted by Crippen LogP contribution is 2.41. The Hall–Kier alpha value is -2.76. The zero-order chi connectivity index (χ0) is 15.4. The number of carbonyl (C=O) groups is 1. The van der Waals surface area contributed by atoms with Gasteiger partial charge in [0.1, 0.15) is 17.2 Å². The van der Waals surface area contributed by atoms with Crippen molar-refractivity contribution in [2.24, 2.45) is 0 Å². The molecule has 0 spiro atoms. The van der Waals surface area contributed by atoms with Gasteiger partial charge in [0.25, 0.3) is 0 Å². The third-order valence-corrected chi connectivity index (χ3v) is 2.99. The molecule has 110 valence electrons. The van der Waals surface area contributed by atoms with E-state index in [4.69, 9.17) is 19.3 Å². The summed E-state index contributed by atoms with van der Waals surface area (Å²) in [5.41, 5.74) is 1.30. The molecule has 0 unspecified atom stereocenters. The maximum atomic E-state index is 11.1. The second-order valence-electron chi connectivity index (χ2n) is 4.17. The highest BCUT2D eigenvalue weighted by atomic mass is 16.5. The topological polar surface area (TPSA) is 77.9 Å². The number of aromatic carboxylic acids is 1. The van der Waals surface area contributed by atoms with Crippen LogP contribution in [0.4, 0.5) is 0 Å². The van der Waals surface area contributed by atoms with Crippen LogP contribution in [0.25, 0.3) is 11.1 Å². The lowest BCUT2D eigenvalue weighted by Gasteiger charge is -2.15. The van der Waals surface area contributed by atoms with Crippen molar-refractivity contribution in [1.82, 2.24) is 4.98 Å². The molecule has 0 fully saturated rings. The van der Waals surface area contributed by atoms with Crippen molar-refractivity contribution in [3.05, 3.63) is 36.2 Å². The lowest BCUT2D eigenvalue weighted by atomic mass is 10.0. The molecule has 2 aromatic rings. The number of ether oxygens (including phenoxy) is 3. The van der Waals surface area contributed by atoms with Gasteiger partial charge in [-0.25, -0.2) is 4.79 Å². The number of carboxylic acids is 1. The summed E-state index contributed by atoms with van der Waals surface area (Å²) in [4.78, 5) is 15.0. The van der Waals surface area contributed by atoms with Crippen molar-refractivity contribution in [3.8, 4) is 28.4 Å². The summed E-state index contributed by atoms with van der Waals surface area (Å²) in [5, 5.41) is 9.07. The molecule has 0 aliphatic carbocycles. The molecule has 0 saturated heterocycles. The molecule has 1 heterocycles. The first-order valence-electron chi connectivity index (χ1n) is 6.09. The van der Waals surface area contributed by atoms with E-state index in [0.29, 0.717) is 28.4 Å². The summed E-state index contributed by atoms with van der Waals surface area (Å²) >= 11 is 0. The molecular weight excluding hydrogens is 274 g/mol. The second kappa shape index (κ2) is 6.13. The van der Waals surface area contributed by atoms with E-state index in [1.54, 1.807) is 25.4 Å². The minimum absolute atomic E-state index is 0.0902. The molecule has 2 rings (SSSR count). The summed E-state index contributed by atoms with van der Waals surface area (Å²) in [6.07, 6.45) is 2.84. The number of hydrogen-bond acceptors (Lipinski definition) is 5. The van der Waals surface area contributed by atoms with Gasteiger partial charge in [-0.05, 0) is 6.07 Å². The van der Waals surface area contributed by atoms with Crippen molar-refractivity contribution in [2.45, 2.75) is 0 Å². The van der Waals surface area contributed by atoms with E-state index < -0.39 is 5.97 Å². The van der Waals surface area contributed by atoms with Gasteiger partial charge in [0.2, 0.25) is 0 Å². The predicted molar refractivity (Wildman–Crippen MR) is 76.3 cm³/mol. The van der Waals surface area contributed by atoms with Crippen LogP contribution in [-0.4, -0.2) is 37.4 Å². The van der Waals surface area contributed by atoms with Crippen LogP contribution >= 0.6 is 0 Å². The quantitative estimate of drug-likeness (QED) is 0.911. The molecule has 1 aromatic heterocycles. The third kappa shape index (κ3) is 2.89. The number of pyridine rings is 1. The average molecular weight is 289 g/mol. The summed E-state index contributed by atoms with van der Waals surface area (Å²) in [7, 11) is 4.58. The fraction of sp³-hybridized carbons (Fsp3) is 0.200. The fourth-order valence-corrected chi connectivity index (χ4v) is 1.98. The van der Waals surface area contributed by atoms with Gasteiger partial charge < -0.3 is 19.3 Å². The molecule has 0 radical (unpaired) electrons. The number of benzene rings is 1. The molecule has 0 saturated carbocycles. The Kier molecular flexibility index (Phi) is 4.27. The van der Waals surface area contributed by atoms with Crippen molar-refractivity contribution < 1.29 is 24.1 Å². The van der Waals surface area contributed by atoms with Gasteiger partial charge in [0, 0.05) is 30.1 Å². The third-order valence-electron chi connectivity index (χ3n) is 2.99. The van der Waals surface area contributed by atoms with Crippen LogP contribution in [0.5, 0.6) is 17.2 Å². The first-order chi connectivity index (χ1) is 10.1.